The monoisotopic (exact) mass is 578 g/mol. The summed E-state index contributed by atoms with van der Waals surface area (Å²) in [5.41, 5.74) is 2.75. The number of hydrogen-bond acceptors (Lipinski definition) is 10. The topological polar surface area (TPSA) is 144 Å². The zero-order chi connectivity index (χ0) is 28.9. The molecule has 2 saturated heterocycles. The van der Waals surface area contributed by atoms with Crippen molar-refractivity contribution in [2.45, 2.75) is 37.1 Å². The van der Waals surface area contributed by atoms with Gasteiger partial charge in [0.2, 0.25) is 5.91 Å². The molecule has 0 spiro atoms. The molecule has 2 N–H and O–H groups in total. The standard InChI is InChI=1S/C28H34N8O4S/c1-34-7-8-35(26(38)15-34)14-19-10-18-4-3-6-36(27(18)32-23(19)16-37)28(39)33-25-11-22(20(12-29)13-30-25)31-21-5-9-40-17-24(21)41-2/h10-11,13,16,21,24H,3-9,14-15,17H2,1-2H3,(H2,30,31,33,39). The molecule has 5 heterocycles. The van der Waals surface area contributed by atoms with Gasteiger partial charge in [0.1, 0.15) is 23.4 Å². The molecule has 5 rings (SSSR count). The maximum atomic E-state index is 13.4. The van der Waals surface area contributed by atoms with E-state index in [2.05, 4.69) is 26.7 Å². The van der Waals surface area contributed by atoms with Gasteiger partial charge in [0.15, 0.2) is 6.29 Å². The second-order valence-electron chi connectivity index (χ2n) is 10.5. The van der Waals surface area contributed by atoms with Crippen LogP contribution in [0.2, 0.25) is 0 Å². The minimum Gasteiger partial charge on any atom is -0.380 e. The fourth-order valence-electron chi connectivity index (χ4n) is 5.40. The lowest BCUT2D eigenvalue weighted by molar-refractivity contribution is -0.136. The fourth-order valence-corrected chi connectivity index (χ4v) is 6.17. The molecule has 13 heteroatoms. The number of fused-ring (bicyclic) bond motifs is 1. The summed E-state index contributed by atoms with van der Waals surface area (Å²) in [6.45, 7) is 3.71. The Balaban J connectivity index is 1.34. The lowest BCUT2D eigenvalue weighted by Gasteiger charge is -2.33. The van der Waals surface area contributed by atoms with Crippen LogP contribution in [0.4, 0.5) is 22.1 Å². The summed E-state index contributed by atoms with van der Waals surface area (Å²) >= 11 is 1.71. The molecule has 3 amide bonds. The molecule has 41 heavy (non-hydrogen) atoms. The number of nitriles is 1. The number of anilines is 3. The summed E-state index contributed by atoms with van der Waals surface area (Å²) in [7, 11) is 1.91. The molecule has 216 valence electrons. The molecule has 2 atom stereocenters. The Hall–Kier alpha value is -3.73. The van der Waals surface area contributed by atoms with Crippen LogP contribution in [0.1, 0.15) is 40.0 Å². The number of rotatable bonds is 7. The van der Waals surface area contributed by atoms with Crippen LogP contribution in [0.3, 0.4) is 0 Å². The number of urea groups is 1. The predicted molar refractivity (Wildman–Crippen MR) is 156 cm³/mol. The Morgan fingerprint density at radius 1 is 1.32 bits per heavy atom. The van der Waals surface area contributed by atoms with E-state index in [0.717, 1.165) is 24.9 Å². The number of nitrogens with zero attached hydrogens (tertiary/aromatic N) is 6. The number of amides is 3. The minimum absolute atomic E-state index is 0.0129. The van der Waals surface area contributed by atoms with Crippen molar-refractivity contribution in [2.24, 2.45) is 0 Å². The first-order valence-electron chi connectivity index (χ1n) is 13.7. The second kappa shape index (κ2) is 12.8. The molecule has 2 aromatic heterocycles. The lowest BCUT2D eigenvalue weighted by atomic mass is 10.0. The number of pyridine rings is 2. The number of aryl methyl sites for hydroxylation is 1. The second-order valence-corrected chi connectivity index (χ2v) is 11.6. The average Bonchev–Trinajstić information content (AvgIpc) is 2.98. The number of thioether (sulfide) groups is 1. The van der Waals surface area contributed by atoms with E-state index in [-0.39, 0.29) is 22.9 Å². The van der Waals surface area contributed by atoms with E-state index in [9.17, 15) is 19.6 Å². The van der Waals surface area contributed by atoms with Crippen molar-refractivity contribution in [3.63, 3.8) is 0 Å². The van der Waals surface area contributed by atoms with Gasteiger partial charge in [0.05, 0.1) is 24.4 Å². The highest BCUT2D eigenvalue weighted by Gasteiger charge is 2.29. The molecule has 2 aromatic rings. The Labute approximate surface area is 243 Å². The SMILES string of the molecule is CSC1COCCC1Nc1cc(NC(=O)N2CCCc3cc(CN4CCN(C)CC4=O)c(C=O)nc32)ncc1C#N. The molecule has 0 bridgehead atoms. The van der Waals surface area contributed by atoms with Gasteiger partial charge in [-0.15, -0.1) is 0 Å². The Bertz CT molecular complexity index is 1370. The molecule has 2 fully saturated rings. The van der Waals surface area contributed by atoms with Crippen LogP contribution in [0, 0.1) is 11.3 Å². The number of piperazine rings is 1. The highest BCUT2D eigenvalue weighted by molar-refractivity contribution is 7.99. The van der Waals surface area contributed by atoms with Crippen molar-refractivity contribution in [3.8, 4) is 6.07 Å². The van der Waals surface area contributed by atoms with E-state index in [1.54, 1.807) is 22.7 Å². The van der Waals surface area contributed by atoms with Crippen LogP contribution in [-0.4, -0.2) is 102 Å². The summed E-state index contributed by atoms with van der Waals surface area (Å²) in [6, 6.07) is 5.44. The van der Waals surface area contributed by atoms with Crippen LogP contribution in [-0.2, 0) is 22.5 Å². The minimum atomic E-state index is -0.423. The zero-order valence-electron chi connectivity index (χ0n) is 23.3. The van der Waals surface area contributed by atoms with Gasteiger partial charge in [0, 0.05) is 61.9 Å². The van der Waals surface area contributed by atoms with Gasteiger partial charge in [-0.2, -0.15) is 17.0 Å². The van der Waals surface area contributed by atoms with Gasteiger partial charge in [-0.05, 0) is 44.2 Å². The average molecular weight is 579 g/mol. The molecule has 0 saturated carbocycles. The smallest absolute Gasteiger partial charge is 0.328 e. The van der Waals surface area contributed by atoms with Crippen LogP contribution >= 0.6 is 11.8 Å². The molecule has 3 aliphatic heterocycles. The van der Waals surface area contributed by atoms with Crippen LogP contribution in [0.15, 0.2) is 18.3 Å². The van der Waals surface area contributed by atoms with E-state index in [1.807, 2.05) is 24.3 Å². The number of ether oxygens (including phenoxy) is 1. The third-order valence-corrected chi connectivity index (χ3v) is 8.78. The Morgan fingerprint density at radius 3 is 2.93 bits per heavy atom. The number of aromatic nitrogens is 2. The summed E-state index contributed by atoms with van der Waals surface area (Å²) in [4.78, 5) is 52.1. The molecule has 0 radical (unpaired) electrons. The lowest BCUT2D eigenvalue weighted by Crippen LogP contribution is -2.48. The van der Waals surface area contributed by atoms with E-state index < -0.39 is 6.03 Å². The van der Waals surface area contributed by atoms with Gasteiger partial charge < -0.3 is 15.0 Å². The van der Waals surface area contributed by atoms with Gasteiger partial charge in [-0.25, -0.2) is 14.8 Å². The maximum absolute atomic E-state index is 13.4. The summed E-state index contributed by atoms with van der Waals surface area (Å²) in [5, 5.41) is 16.2. The van der Waals surface area contributed by atoms with Gasteiger partial charge in [-0.1, -0.05) is 0 Å². The van der Waals surface area contributed by atoms with Gasteiger partial charge in [-0.3, -0.25) is 24.7 Å². The van der Waals surface area contributed by atoms with Crippen LogP contribution in [0.5, 0.6) is 0 Å². The van der Waals surface area contributed by atoms with Gasteiger partial charge >= 0.3 is 6.03 Å². The first-order chi connectivity index (χ1) is 19.9. The number of nitrogens with one attached hydrogen (secondary N) is 2. The highest BCUT2D eigenvalue weighted by Crippen LogP contribution is 2.30. The largest absolute Gasteiger partial charge is 0.380 e. The predicted octanol–water partition coefficient (Wildman–Crippen LogP) is 2.35. The number of carbonyl (C=O) groups is 3. The van der Waals surface area contributed by atoms with Crippen molar-refractivity contribution in [1.82, 2.24) is 19.8 Å². The first kappa shape index (κ1) is 28.8. The Morgan fingerprint density at radius 2 is 2.17 bits per heavy atom. The zero-order valence-corrected chi connectivity index (χ0v) is 24.1. The van der Waals surface area contributed by atoms with Crippen molar-refractivity contribution in [3.05, 3.63) is 40.7 Å². The first-order valence-corrected chi connectivity index (χ1v) is 15.0. The van der Waals surface area contributed by atoms with Crippen molar-refractivity contribution in [1.29, 1.82) is 5.26 Å². The molecule has 2 unspecified atom stereocenters. The third kappa shape index (κ3) is 6.45. The molecular weight excluding hydrogens is 544 g/mol. The normalized spacial score (nSPS) is 21.1. The quantitative estimate of drug-likeness (QED) is 0.470. The molecule has 0 aliphatic carbocycles. The summed E-state index contributed by atoms with van der Waals surface area (Å²) in [5.74, 6) is 0.748. The molecule has 3 aliphatic rings. The van der Waals surface area contributed by atoms with E-state index in [4.69, 9.17) is 4.74 Å². The van der Waals surface area contributed by atoms with Crippen molar-refractivity contribution < 1.29 is 19.1 Å². The van der Waals surface area contributed by atoms with Crippen molar-refractivity contribution in [2.75, 3.05) is 68.2 Å². The Kier molecular flexibility index (Phi) is 9.02. The highest BCUT2D eigenvalue weighted by atomic mass is 32.2. The third-order valence-electron chi connectivity index (χ3n) is 7.71. The van der Waals surface area contributed by atoms with Gasteiger partial charge in [0.25, 0.3) is 0 Å². The molecule has 0 aromatic carbocycles. The number of hydrogen-bond donors (Lipinski definition) is 2. The molecule has 12 nitrogen and oxygen atoms in total. The number of aldehydes is 1. The van der Waals surface area contributed by atoms with E-state index in [1.165, 1.54) is 11.1 Å². The van der Waals surface area contributed by atoms with E-state index >= 15 is 0 Å². The maximum Gasteiger partial charge on any atom is 0.328 e. The van der Waals surface area contributed by atoms with Crippen LogP contribution < -0.4 is 15.5 Å². The number of likely N-dealkylation sites (N-methyl/N-ethyl adjacent to an activating group) is 1. The summed E-state index contributed by atoms with van der Waals surface area (Å²) in [6.07, 6.45) is 6.40. The molecular formula is C28H34N8O4S. The van der Waals surface area contributed by atoms with E-state index in [0.29, 0.717) is 80.5 Å². The van der Waals surface area contributed by atoms with Crippen LogP contribution in [0.25, 0.3) is 0 Å². The fraction of sp³-hybridized carbons (Fsp3) is 0.500. The number of carbonyl (C=O) groups excluding carboxylic acids is 3. The van der Waals surface area contributed by atoms with Crippen molar-refractivity contribution >= 4 is 47.3 Å². The summed E-state index contributed by atoms with van der Waals surface area (Å²) < 4.78 is 5.59.